The average molecular weight is 315 g/mol. The predicted molar refractivity (Wildman–Crippen MR) is 97.2 cm³/mol. The van der Waals surface area contributed by atoms with Crippen molar-refractivity contribution < 1.29 is 10.2 Å². The first kappa shape index (κ1) is 21.9. The van der Waals surface area contributed by atoms with E-state index in [1.54, 1.807) is 0 Å². The van der Waals surface area contributed by atoms with E-state index in [0.717, 1.165) is 32.1 Å². The van der Waals surface area contributed by atoms with E-state index in [-0.39, 0.29) is 12.2 Å². The van der Waals surface area contributed by atoms with Crippen molar-refractivity contribution in [1.82, 2.24) is 0 Å². The molecule has 0 bridgehead atoms. The van der Waals surface area contributed by atoms with Gasteiger partial charge in [-0.15, -0.1) is 0 Å². The summed E-state index contributed by atoms with van der Waals surface area (Å²) >= 11 is 0. The van der Waals surface area contributed by atoms with Crippen molar-refractivity contribution in [3.05, 3.63) is 0 Å². The number of aliphatic hydroxyl groups is 2. The Morgan fingerprint density at radius 1 is 0.500 bits per heavy atom. The minimum Gasteiger partial charge on any atom is -0.393 e. The molecule has 0 fully saturated rings. The van der Waals surface area contributed by atoms with E-state index in [1.807, 2.05) is 6.92 Å². The van der Waals surface area contributed by atoms with Crippen molar-refractivity contribution in [2.75, 3.05) is 0 Å². The molecule has 0 saturated carbocycles. The largest absolute Gasteiger partial charge is 0.393 e. The van der Waals surface area contributed by atoms with E-state index >= 15 is 0 Å². The lowest BCUT2D eigenvalue weighted by molar-refractivity contribution is 0.105. The lowest BCUT2D eigenvalue weighted by atomic mass is 10.0. The molecule has 0 spiro atoms. The van der Waals surface area contributed by atoms with Gasteiger partial charge in [-0.3, -0.25) is 0 Å². The third-order valence-electron chi connectivity index (χ3n) is 4.70. The van der Waals surface area contributed by atoms with E-state index in [1.165, 1.54) is 70.6 Å². The summed E-state index contributed by atoms with van der Waals surface area (Å²) in [4.78, 5) is 0. The molecule has 134 valence electrons. The fourth-order valence-electron chi connectivity index (χ4n) is 2.95. The van der Waals surface area contributed by atoms with Gasteiger partial charge in [0.1, 0.15) is 0 Å². The van der Waals surface area contributed by atoms with E-state index < -0.39 is 0 Å². The molecule has 0 aromatic carbocycles. The lowest BCUT2D eigenvalue weighted by Gasteiger charge is -2.12. The van der Waals surface area contributed by atoms with Crippen molar-refractivity contribution in [1.29, 1.82) is 0 Å². The third kappa shape index (κ3) is 16.3. The Morgan fingerprint density at radius 2 is 0.909 bits per heavy atom. The minimum atomic E-state index is -0.225. The maximum Gasteiger partial charge on any atom is 0.0541 e. The van der Waals surface area contributed by atoms with Gasteiger partial charge in [0.25, 0.3) is 0 Å². The number of unbranched alkanes of at least 4 members (excludes halogenated alkanes) is 11. The standard InChI is InChI=1S/C20H42O2/c1-3-5-6-7-8-9-10-11-12-13-14-15-16-20(22)18-17-19(21)4-2/h19-22H,3-18H2,1-2H3. The molecule has 0 aromatic heterocycles. The molecule has 0 saturated heterocycles. The van der Waals surface area contributed by atoms with E-state index in [0.29, 0.717) is 0 Å². The summed E-state index contributed by atoms with van der Waals surface area (Å²) in [6.07, 6.45) is 19.1. The second-order valence-electron chi connectivity index (χ2n) is 6.97. The first-order valence-corrected chi connectivity index (χ1v) is 10.1. The van der Waals surface area contributed by atoms with Gasteiger partial charge in [0, 0.05) is 0 Å². The van der Waals surface area contributed by atoms with Crippen LogP contribution in [0.3, 0.4) is 0 Å². The van der Waals surface area contributed by atoms with E-state index in [2.05, 4.69) is 6.92 Å². The Balaban J connectivity index is 3.13. The van der Waals surface area contributed by atoms with Crippen LogP contribution in [-0.4, -0.2) is 22.4 Å². The summed E-state index contributed by atoms with van der Waals surface area (Å²) in [5, 5.41) is 19.3. The maximum absolute atomic E-state index is 9.84. The van der Waals surface area contributed by atoms with Gasteiger partial charge in [-0.1, -0.05) is 90.9 Å². The van der Waals surface area contributed by atoms with Gasteiger partial charge >= 0.3 is 0 Å². The summed E-state index contributed by atoms with van der Waals surface area (Å²) in [7, 11) is 0. The van der Waals surface area contributed by atoms with Crippen LogP contribution < -0.4 is 0 Å². The van der Waals surface area contributed by atoms with Gasteiger partial charge in [-0.25, -0.2) is 0 Å². The summed E-state index contributed by atoms with van der Waals surface area (Å²) in [5.74, 6) is 0. The van der Waals surface area contributed by atoms with Gasteiger partial charge < -0.3 is 10.2 Å². The molecule has 0 rings (SSSR count). The maximum atomic E-state index is 9.84. The van der Waals surface area contributed by atoms with Crippen LogP contribution in [0.5, 0.6) is 0 Å². The molecule has 0 amide bonds. The highest BCUT2D eigenvalue weighted by Crippen LogP contribution is 2.14. The smallest absolute Gasteiger partial charge is 0.0541 e. The molecule has 2 heteroatoms. The van der Waals surface area contributed by atoms with Crippen LogP contribution in [-0.2, 0) is 0 Å². The average Bonchev–Trinajstić information content (AvgIpc) is 2.53. The van der Waals surface area contributed by atoms with Crippen molar-refractivity contribution in [3.8, 4) is 0 Å². The SMILES string of the molecule is CCCCCCCCCCCCCCC(O)CCC(O)CC. The Bertz CT molecular complexity index is 206. The molecule has 22 heavy (non-hydrogen) atoms. The lowest BCUT2D eigenvalue weighted by Crippen LogP contribution is -2.12. The van der Waals surface area contributed by atoms with Crippen LogP contribution >= 0.6 is 0 Å². The van der Waals surface area contributed by atoms with Crippen LogP contribution in [0.15, 0.2) is 0 Å². The number of rotatable bonds is 17. The zero-order valence-corrected chi connectivity index (χ0v) is 15.4. The molecular formula is C20H42O2. The van der Waals surface area contributed by atoms with E-state index in [9.17, 15) is 10.2 Å². The molecule has 2 atom stereocenters. The molecule has 0 radical (unpaired) electrons. The van der Waals surface area contributed by atoms with Gasteiger partial charge in [-0.05, 0) is 25.7 Å². The highest BCUT2D eigenvalue weighted by Gasteiger charge is 2.07. The van der Waals surface area contributed by atoms with Crippen molar-refractivity contribution in [2.24, 2.45) is 0 Å². The Morgan fingerprint density at radius 3 is 1.36 bits per heavy atom. The molecule has 0 aromatic rings. The number of aliphatic hydroxyl groups excluding tert-OH is 2. The number of hydrogen-bond donors (Lipinski definition) is 2. The molecule has 0 aliphatic rings. The van der Waals surface area contributed by atoms with Crippen LogP contribution in [0.25, 0.3) is 0 Å². The van der Waals surface area contributed by atoms with Gasteiger partial charge in [-0.2, -0.15) is 0 Å². The van der Waals surface area contributed by atoms with Crippen LogP contribution in [0.2, 0.25) is 0 Å². The molecule has 0 aliphatic heterocycles. The molecule has 0 heterocycles. The van der Waals surface area contributed by atoms with E-state index in [4.69, 9.17) is 0 Å². The highest BCUT2D eigenvalue weighted by molar-refractivity contribution is 4.61. The second kappa shape index (κ2) is 17.3. The summed E-state index contributed by atoms with van der Waals surface area (Å²) in [6.45, 7) is 4.26. The van der Waals surface area contributed by atoms with Gasteiger partial charge in [0.05, 0.1) is 12.2 Å². The Kier molecular flexibility index (Phi) is 17.2. The minimum absolute atomic E-state index is 0.204. The monoisotopic (exact) mass is 314 g/mol. The summed E-state index contributed by atoms with van der Waals surface area (Å²) < 4.78 is 0. The van der Waals surface area contributed by atoms with Gasteiger partial charge in [0.2, 0.25) is 0 Å². The molecule has 0 aliphatic carbocycles. The van der Waals surface area contributed by atoms with Crippen LogP contribution in [0.4, 0.5) is 0 Å². The first-order valence-electron chi connectivity index (χ1n) is 10.1. The van der Waals surface area contributed by atoms with Crippen LogP contribution in [0.1, 0.15) is 117 Å². The van der Waals surface area contributed by atoms with Crippen molar-refractivity contribution in [3.63, 3.8) is 0 Å². The topological polar surface area (TPSA) is 40.5 Å². The highest BCUT2D eigenvalue weighted by atomic mass is 16.3. The Labute approximate surface area is 139 Å². The second-order valence-corrected chi connectivity index (χ2v) is 6.97. The summed E-state index contributed by atoms with van der Waals surface area (Å²) in [5.41, 5.74) is 0. The normalized spacial score (nSPS) is 14.2. The number of hydrogen-bond acceptors (Lipinski definition) is 2. The third-order valence-corrected chi connectivity index (χ3v) is 4.70. The molecular weight excluding hydrogens is 272 g/mol. The Hall–Kier alpha value is -0.0800. The van der Waals surface area contributed by atoms with Crippen molar-refractivity contribution >= 4 is 0 Å². The quantitative estimate of drug-likeness (QED) is 0.324. The summed E-state index contributed by atoms with van der Waals surface area (Å²) in [6, 6.07) is 0. The van der Waals surface area contributed by atoms with Gasteiger partial charge in [0.15, 0.2) is 0 Å². The first-order chi connectivity index (χ1) is 10.7. The zero-order chi connectivity index (χ0) is 16.5. The fraction of sp³-hybridized carbons (Fsp3) is 1.00. The van der Waals surface area contributed by atoms with Crippen LogP contribution in [0, 0.1) is 0 Å². The predicted octanol–water partition coefficient (Wildman–Crippen LogP) is 5.99. The molecule has 2 nitrogen and oxygen atoms in total. The fourth-order valence-corrected chi connectivity index (χ4v) is 2.95. The zero-order valence-electron chi connectivity index (χ0n) is 15.4. The molecule has 2 unspecified atom stereocenters. The van der Waals surface area contributed by atoms with Crippen molar-refractivity contribution in [2.45, 2.75) is 129 Å². The molecule has 2 N–H and O–H groups in total.